The van der Waals surface area contributed by atoms with Crippen LogP contribution in [0.3, 0.4) is 0 Å². The number of hydrogen-bond donors (Lipinski definition) is 2. The van der Waals surface area contributed by atoms with Gasteiger partial charge in [0.1, 0.15) is 12.0 Å². The number of likely N-dealkylation sites (tertiary alicyclic amines) is 1. The maximum atomic E-state index is 13.0. The van der Waals surface area contributed by atoms with Gasteiger partial charge in [0.2, 0.25) is 0 Å². The molecule has 0 spiro atoms. The number of anilines is 1. The van der Waals surface area contributed by atoms with E-state index in [1.54, 1.807) is 19.1 Å². The summed E-state index contributed by atoms with van der Waals surface area (Å²) in [4.78, 5) is 42.8. The first-order valence-corrected chi connectivity index (χ1v) is 11.5. The van der Waals surface area contributed by atoms with Crippen LogP contribution in [0.15, 0.2) is 66.9 Å². The first kappa shape index (κ1) is 22.6. The standard InChI is InChI=1S/C27H25N3O5/c1-2-27(25(32)33)15-30(16-27)24(31)23-22(12-7-13-28-23)29-26(34)35-14-21-19-10-5-3-8-17(19)18-9-4-6-11-20(18)21/h3-13,21H,2,14-16H2,1H3,(H,29,34)(H,32,33). The number of aliphatic carboxylic acids is 1. The summed E-state index contributed by atoms with van der Waals surface area (Å²) in [5.41, 5.74) is 3.83. The molecule has 35 heavy (non-hydrogen) atoms. The van der Waals surface area contributed by atoms with Crippen LogP contribution in [0.1, 0.15) is 40.9 Å². The Bertz CT molecular complexity index is 1270. The van der Waals surface area contributed by atoms with Crippen LogP contribution in [0.25, 0.3) is 11.1 Å². The van der Waals surface area contributed by atoms with Gasteiger partial charge in [-0.3, -0.25) is 14.9 Å². The Morgan fingerprint density at radius 1 is 1.03 bits per heavy atom. The number of aromatic nitrogens is 1. The lowest BCUT2D eigenvalue weighted by Crippen LogP contribution is -2.62. The van der Waals surface area contributed by atoms with Crippen molar-refractivity contribution in [1.29, 1.82) is 0 Å². The van der Waals surface area contributed by atoms with Crippen LogP contribution < -0.4 is 5.32 Å². The predicted molar refractivity (Wildman–Crippen MR) is 129 cm³/mol. The molecular weight excluding hydrogens is 446 g/mol. The fraction of sp³-hybridized carbons (Fsp3) is 0.259. The number of rotatable bonds is 6. The fourth-order valence-corrected chi connectivity index (χ4v) is 4.91. The van der Waals surface area contributed by atoms with Crippen molar-refractivity contribution in [2.75, 3.05) is 25.0 Å². The molecule has 2 aromatic carbocycles. The normalized spacial score (nSPS) is 15.5. The third-order valence-corrected chi connectivity index (χ3v) is 7.00. The molecular formula is C27H25N3O5. The zero-order valence-electron chi connectivity index (χ0n) is 19.2. The van der Waals surface area contributed by atoms with Crippen molar-refractivity contribution in [3.63, 3.8) is 0 Å². The second-order valence-corrected chi connectivity index (χ2v) is 8.95. The van der Waals surface area contributed by atoms with Crippen LogP contribution in [0.5, 0.6) is 0 Å². The number of nitrogens with one attached hydrogen (secondary N) is 1. The maximum absolute atomic E-state index is 13.0. The van der Waals surface area contributed by atoms with Gasteiger partial charge in [0, 0.05) is 25.2 Å². The van der Waals surface area contributed by atoms with Crippen molar-refractivity contribution < 1.29 is 24.2 Å². The summed E-state index contributed by atoms with van der Waals surface area (Å²) >= 11 is 0. The topological polar surface area (TPSA) is 109 Å². The van der Waals surface area contributed by atoms with Crippen LogP contribution in [-0.4, -0.2) is 52.7 Å². The average molecular weight is 472 g/mol. The Morgan fingerprint density at radius 2 is 1.66 bits per heavy atom. The second kappa shape index (κ2) is 8.87. The highest BCUT2D eigenvalue weighted by atomic mass is 16.5. The number of carbonyl (C=O) groups is 3. The highest BCUT2D eigenvalue weighted by Gasteiger charge is 2.50. The van der Waals surface area contributed by atoms with Gasteiger partial charge in [-0.25, -0.2) is 9.78 Å². The van der Waals surface area contributed by atoms with Crippen molar-refractivity contribution in [2.45, 2.75) is 19.3 Å². The largest absolute Gasteiger partial charge is 0.481 e. The minimum absolute atomic E-state index is 0.0519. The van der Waals surface area contributed by atoms with E-state index in [0.717, 1.165) is 22.3 Å². The molecule has 1 aromatic heterocycles. The molecule has 1 saturated heterocycles. The summed E-state index contributed by atoms with van der Waals surface area (Å²) in [7, 11) is 0. The number of fused-ring (bicyclic) bond motifs is 3. The number of carbonyl (C=O) groups excluding carboxylic acids is 2. The molecule has 0 saturated carbocycles. The Labute approximate surface area is 202 Å². The molecule has 1 aliphatic carbocycles. The molecule has 2 heterocycles. The summed E-state index contributed by atoms with van der Waals surface area (Å²) in [6, 6.07) is 19.3. The fourth-order valence-electron chi connectivity index (χ4n) is 4.91. The smallest absolute Gasteiger partial charge is 0.411 e. The van der Waals surface area contributed by atoms with Gasteiger partial charge >= 0.3 is 12.1 Å². The minimum Gasteiger partial charge on any atom is -0.481 e. The van der Waals surface area contributed by atoms with Crippen molar-refractivity contribution in [1.82, 2.24) is 9.88 Å². The number of hydrogen-bond acceptors (Lipinski definition) is 5. The molecule has 2 N–H and O–H groups in total. The van der Waals surface area contributed by atoms with Crippen LogP contribution >= 0.6 is 0 Å². The van der Waals surface area contributed by atoms with E-state index in [-0.39, 0.29) is 37.0 Å². The van der Waals surface area contributed by atoms with Crippen LogP contribution in [-0.2, 0) is 9.53 Å². The van der Waals surface area contributed by atoms with Gasteiger partial charge in [0.05, 0.1) is 5.69 Å². The molecule has 1 aliphatic heterocycles. The number of amides is 2. The van der Waals surface area contributed by atoms with E-state index in [0.29, 0.717) is 6.42 Å². The van der Waals surface area contributed by atoms with Gasteiger partial charge in [-0.1, -0.05) is 55.5 Å². The van der Waals surface area contributed by atoms with E-state index >= 15 is 0 Å². The molecule has 0 bridgehead atoms. The minimum atomic E-state index is -0.926. The van der Waals surface area contributed by atoms with E-state index in [2.05, 4.69) is 22.4 Å². The number of nitrogens with zero attached hydrogens (tertiary/aromatic N) is 2. The van der Waals surface area contributed by atoms with Crippen molar-refractivity contribution in [3.05, 3.63) is 83.7 Å². The Hall–Kier alpha value is -4.20. The highest BCUT2D eigenvalue weighted by molar-refractivity contribution is 6.02. The van der Waals surface area contributed by atoms with Gasteiger partial charge in [0.25, 0.3) is 5.91 Å². The van der Waals surface area contributed by atoms with Crippen molar-refractivity contribution in [3.8, 4) is 11.1 Å². The molecule has 8 heteroatoms. The monoisotopic (exact) mass is 471 g/mol. The van der Waals surface area contributed by atoms with Gasteiger partial charge < -0.3 is 14.7 Å². The highest BCUT2D eigenvalue weighted by Crippen LogP contribution is 2.44. The maximum Gasteiger partial charge on any atom is 0.411 e. The summed E-state index contributed by atoms with van der Waals surface area (Å²) < 4.78 is 5.58. The molecule has 2 amide bonds. The first-order valence-electron chi connectivity index (χ1n) is 11.5. The van der Waals surface area contributed by atoms with E-state index in [4.69, 9.17) is 4.74 Å². The Morgan fingerprint density at radius 3 is 2.26 bits per heavy atom. The number of benzene rings is 2. The zero-order chi connectivity index (χ0) is 24.6. The second-order valence-electron chi connectivity index (χ2n) is 8.95. The summed E-state index contributed by atoms with van der Waals surface area (Å²) in [6.45, 7) is 2.16. The molecule has 1 fully saturated rings. The van der Waals surface area contributed by atoms with Crippen LogP contribution in [0, 0.1) is 5.41 Å². The van der Waals surface area contributed by atoms with Crippen molar-refractivity contribution in [2.24, 2.45) is 5.41 Å². The van der Waals surface area contributed by atoms with E-state index in [1.165, 1.54) is 11.1 Å². The number of carboxylic acid groups (broad SMARTS) is 1. The van der Waals surface area contributed by atoms with Gasteiger partial charge in [-0.15, -0.1) is 0 Å². The zero-order valence-corrected chi connectivity index (χ0v) is 19.2. The molecule has 178 valence electrons. The lowest BCUT2D eigenvalue weighted by molar-refractivity contribution is -0.158. The van der Waals surface area contributed by atoms with Gasteiger partial charge in [-0.05, 0) is 40.8 Å². The molecule has 2 aliphatic rings. The molecule has 8 nitrogen and oxygen atoms in total. The van der Waals surface area contributed by atoms with Gasteiger partial charge in [0.15, 0.2) is 5.69 Å². The SMILES string of the molecule is CCC1(C(=O)O)CN(C(=O)c2ncccc2NC(=O)OCC2c3ccccc3-c3ccccc32)C1. The first-order chi connectivity index (χ1) is 16.9. The number of carboxylic acids is 1. The Kier molecular flexibility index (Phi) is 5.72. The predicted octanol–water partition coefficient (Wildman–Crippen LogP) is 4.38. The lowest BCUT2D eigenvalue weighted by atomic mass is 9.77. The quantitative estimate of drug-likeness (QED) is 0.552. The van der Waals surface area contributed by atoms with Crippen LogP contribution in [0.2, 0.25) is 0 Å². The number of pyridine rings is 1. The Balaban J connectivity index is 1.27. The summed E-state index contributed by atoms with van der Waals surface area (Å²) in [6.07, 6.45) is 1.20. The van der Waals surface area contributed by atoms with Gasteiger partial charge in [-0.2, -0.15) is 0 Å². The molecule has 0 unspecified atom stereocenters. The third kappa shape index (κ3) is 3.90. The van der Waals surface area contributed by atoms with E-state index < -0.39 is 23.4 Å². The molecule has 0 atom stereocenters. The lowest BCUT2D eigenvalue weighted by Gasteiger charge is -2.46. The van der Waals surface area contributed by atoms with E-state index in [9.17, 15) is 19.5 Å². The third-order valence-electron chi connectivity index (χ3n) is 7.00. The van der Waals surface area contributed by atoms with Crippen molar-refractivity contribution >= 4 is 23.7 Å². The molecule has 3 aromatic rings. The number of ether oxygens (including phenoxy) is 1. The van der Waals surface area contributed by atoms with Crippen LogP contribution in [0.4, 0.5) is 10.5 Å². The molecule has 5 rings (SSSR count). The summed E-state index contributed by atoms with van der Waals surface area (Å²) in [5, 5.41) is 12.1. The molecule has 0 radical (unpaired) electrons. The summed E-state index contributed by atoms with van der Waals surface area (Å²) in [5.74, 6) is -1.42. The average Bonchev–Trinajstić information content (AvgIpc) is 3.16. The van der Waals surface area contributed by atoms with E-state index in [1.807, 2.05) is 36.4 Å².